The van der Waals surface area contributed by atoms with E-state index >= 15 is 0 Å². The Bertz CT molecular complexity index is 326. The molecule has 0 aromatic carbocycles. The van der Waals surface area contributed by atoms with Gasteiger partial charge in [0.1, 0.15) is 0 Å². The predicted octanol–water partition coefficient (Wildman–Crippen LogP) is 5.32. The van der Waals surface area contributed by atoms with Crippen molar-refractivity contribution in [2.24, 2.45) is 11.3 Å². The molecule has 0 spiro atoms. The molecule has 0 aromatic heterocycles. The van der Waals surface area contributed by atoms with Gasteiger partial charge >= 0.3 is 0 Å². The van der Waals surface area contributed by atoms with E-state index < -0.39 is 0 Å². The van der Waals surface area contributed by atoms with Crippen LogP contribution in [0.15, 0.2) is 23.3 Å². The first-order valence-electron chi connectivity index (χ1n) is 7.07. The second-order valence-electron chi connectivity index (χ2n) is 6.28. The number of carbonyl (C=O) groups excluding carboxylic acids is 1. The molecule has 0 aliphatic heterocycles. The molecule has 0 rings (SSSR count). The average Bonchev–Trinajstić information content (AvgIpc) is 2.30. The number of ketones is 1. The van der Waals surface area contributed by atoms with Crippen molar-refractivity contribution < 1.29 is 4.79 Å². The van der Waals surface area contributed by atoms with Crippen LogP contribution in [-0.4, -0.2) is 5.78 Å². The fourth-order valence-electron chi connectivity index (χ4n) is 1.82. The molecule has 0 aliphatic carbocycles. The van der Waals surface area contributed by atoms with Gasteiger partial charge in [-0.25, -0.2) is 0 Å². The van der Waals surface area contributed by atoms with Crippen molar-refractivity contribution in [2.75, 3.05) is 0 Å². The van der Waals surface area contributed by atoms with Crippen molar-refractivity contribution >= 4 is 5.78 Å². The Morgan fingerprint density at radius 1 is 1.17 bits per heavy atom. The van der Waals surface area contributed by atoms with Crippen LogP contribution in [0.3, 0.4) is 0 Å². The van der Waals surface area contributed by atoms with Gasteiger partial charge in [0.15, 0.2) is 5.78 Å². The summed E-state index contributed by atoms with van der Waals surface area (Å²) >= 11 is 0. The third-order valence-corrected chi connectivity index (χ3v) is 3.88. The van der Waals surface area contributed by atoms with Gasteiger partial charge in [0.25, 0.3) is 0 Å². The third kappa shape index (κ3) is 5.66. The summed E-state index contributed by atoms with van der Waals surface area (Å²) in [6.45, 7) is 15.1. The molecule has 104 valence electrons. The van der Waals surface area contributed by atoms with Gasteiger partial charge in [0, 0.05) is 6.42 Å². The molecule has 1 nitrogen and oxygen atoms in total. The summed E-state index contributed by atoms with van der Waals surface area (Å²) in [5, 5.41) is 0. The Balaban J connectivity index is 4.69. The van der Waals surface area contributed by atoms with Gasteiger partial charge in [0.2, 0.25) is 0 Å². The van der Waals surface area contributed by atoms with Crippen LogP contribution in [0.2, 0.25) is 0 Å². The van der Waals surface area contributed by atoms with Crippen LogP contribution in [0.1, 0.15) is 67.7 Å². The quantitative estimate of drug-likeness (QED) is 0.460. The number of hydrogen-bond donors (Lipinski definition) is 0. The monoisotopic (exact) mass is 250 g/mol. The molecule has 1 atom stereocenters. The topological polar surface area (TPSA) is 17.1 Å². The zero-order chi connectivity index (χ0) is 14.3. The first-order valence-corrected chi connectivity index (χ1v) is 7.07. The van der Waals surface area contributed by atoms with Gasteiger partial charge in [-0.1, -0.05) is 58.8 Å². The maximum absolute atomic E-state index is 12.1. The number of unbranched alkanes of at least 4 members (excludes halogenated alkanes) is 1. The highest BCUT2D eigenvalue weighted by molar-refractivity contribution is 5.96. The second-order valence-corrected chi connectivity index (χ2v) is 6.28. The molecular weight excluding hydrogens is 220 g/mol. The molecule has 0 saturated carbocycles. The molecule has 1 heteroatoms. The molecule has 0 radical (unpaired) electrons. The minimum atomic E-state index is 0.212. The van der Waals surface area contributed by atoms with E-state index in [0.717, 1.165) is 18.4 Å². The van der Waals surface area contributed by atoms with E-state index in [9.17, 15) is 4.79 Å². The number of hydrogen-bond acceptors (Lipinski definition) is 1. The molecule has 0 aliphatic rings. The molecular formula is C17H30O. The fourth-order valence-corrected chi connectivity index (χ4v) is 1.82. The SMILES string of the molecule is CCCC=CCC(=O)C(C)=C(C)C(C)C(C)(C)C. The minimum absolute atomic E-state index is 0.212. The molecule has 0 heterocycles. The van der Waals surface area contributed by atoms with Crippen LogP contribution in [0.4, 0.5) is 0 Å². The molecule has 0 fully saturated rings. The molecule has 0 aromatic rings. The molecule has 0 N–H and O–H groups in total. The summed E-state index contributed by atoms with van der Waals surface area (Å²) in [5.74, 6) is 0.692. The second kappa shape index (κ2) is 7.56. The summed E-state index contributed by atoms with van der Waals surface area (Å²) in [5.41, 5.74) is 2.39. The number of Topliss-reactive ketones (excluding diaryl/α,β-unsaturated/α-hetero) is 1. The standard InChI is InChI=1S/C17H30O/c1-8-9-10-11-12-16(18)14(3)13(2)15(4)17(5,6)7/h10-11,15H,8-9,12H2,1-7H3. The number of carbonyl (C=O) groups is 1. The van der Waals surface area contributed by atoms with E-state index in [1.54, 1.807) is 0 Å². The number of allylic oxidation sites excluding steroid dienone is 4. The molecule has 1 unspecified atom stereocenters. The highest BCUT2D eigenvalue weighted by Gasteiger charge is 2.23. The molecule has 0 bridgehead atoms. The first-order chi connectivity index (χ1) is 8.21. The Morgan fingerprint density at radius 2 is 1.72 bits per heavy atom. The average molecular weight is 250 g/mol. The largest absolute Gasteiger partial charge is 0.294 e. The molecule has 0 amide bonds. The lowest BCUT2D eigenvalue weighted by Gasteiger charge is -2.29. The zero-order valence-corrected chi connectivity index (χ0v) is 13.3. The van der Waals surface area contributed by atoms with Crippen molar-refractivity contribution in [1.82, 2.24) is 0 Å². The van der Waals surface area contributed by atoms with Gasteiger partial charge in [0.05, 0.1) is 0 Å². The highest BCUT2D eigenvalue weighted by Crippen LogP contribution is 2.32. The van der Waals surface area contributed by atoms with Crippen LogP contribution in [0, 0.1) is 11.3 Å². The lowest BCUT2D eigenvalue weighted by atomic mass is 9.76. The lowest BCUT2D eigenvalue weighted by Crippen LogP contribution is -2.20. The van der Waals surface area contributed by atoms with Gasteiger partial charge in [-0.3, -0.25) is 4.79 Å². The van der Waals surface area contributed by atoms with Crippen LogP contribution in [-0.2, 0) is 4.79 Å². The molecule has 18 heavy (non-hydrogen) atoms. The van der Waals surface area contributed by atoms with E-state index in [-0.39, 0.29) is 11.2 Å². The maximum atomic E-state index is 12.1. The van der Waals surface area contributed by atoms with Crippen molar-refractivity contribution in [1.29, 1.82) is 0 Å². The van der Waals surface area contributed by atoms with Gasteiger partial charge < -0.3 is 0 Å². The van der Waals surface area contributed by atoms with Crippen LogP contribution < -0.4 is 0 Å². The summed E-state index contributed by atoms with van der Waals surface area (Å²) in [4.78, 5) is 12.1. The van der Waals surface area contributed by atoms with E-state index in [1.807, 2.05) is 13.0 Å². The van der Waals surface area contributed by atoms with E-state index in [2.05, 4.69) is 47.6 Å². The highest BCUT2D eigenvalue weighted by atomic mass is 16.1. The summed E-state index contributed by atoms with van der Waals surface area (Å²) in [6, 6.07) is 0. The van der Waals surface area contributed by atoms with Crippen molar-refractivity contribution in [3.05, 3.63) is 23.3 Å². The predicted molar refractivity (Wildman–Crippen MR) is 80.7 cm³/mol. The van der Waals surface area contributed by atoms with Gasteiger partial charge in [-0.05, 0) is 37.2 Å². The van der Waals surface area contributed by atoms with Gasteiger partial charge in [-0.15, -0.1) is 0 Å². The van der Waals surface area contributed by atoms with E-state index in [0.29, 0.717) is 12.3 Å². The Morgan fingerprint density at radius 3 is 2.17 bits per heavy atom. The normalized spacial score (nSPS) is 15.7. The number of rotatable bonds is 6. The Kier molecular flexibility index (Phi) is 7.20. The zero-order valence-electron chi connectivity index (χ0n) is 13.3. The summed E-state index contributed by atoms with van der Waals surface area (Å²) in [7, 11) is 0. The van der Waals surface area contributed by atoms with Crippen molar-refractivity contribution in [3.8, 4) is 0 Å². The van der Waals surface area contributed by atoms with E-state index in [1.165, 1.54) is 5.57 Å². The van der Waals surface area contributed by atoms with Gasteiger partial charge in [-0.2, -0.15) is 0 Å². The maximum Gasteiger partial charge on any atom is 0.162 e. The van der Waals surface area contributed by atoms with Crippen LogP contribution in [0.25, 0.3) is 0 Å². The fraction of sp³-hybridized carbons (Fsp3) is 0.706. The lowest BCUT2D eigenvalue weighted by molar-refractivity contribution is -0.114. The molecule has 0 saturated heterocycles. The van der Waals surface area contributed by atoms with E-state index in [4.69, 9.17) is 0 Å². The van der Waals surface area contributed by atoms with Crippen molar-refractivity contribution in [2.45, 2.75) is 67.7 Å². The first kappa shape index (κ1) is 17.2. The Hall–Kier alpha value is -0.850. The summed E-state index contributed by atoms with van der Waals surface area (Å²) < 4.78 is 0. The van der Waals surface area contributed by atoms with Crippen LogP contribution in [0.5, 0.6) is 0 Å². The minimum Gasteiger partial charge on any atom is -0.294 e. The third-order valence-electron chi connectivity index (χ3n) is 3.88. The smallest absolute Gasteiger partial charge is 0.162 e. The van der Waals surface area contributed by atoms with Crippen molar-refractivity contribution in [3.63, 3.8) is 0 Å². The summed E-state index contributed by atoms with van der Waals surface area (Å²) in [6.07, 6.45) is 6.85. The van der Waals surface area contributed by atoms with Crippen LogP contribution >= 0.6 is 0 Å². The Labute approximate surface area is 113 Å².